The number of nitrogens with one attached hydrogen (secondary N) is 3. The quantitative estimate of drug-likeness (QED) is 0.0748. The Hall–Kier alpha value is -3.72. The molecule has 1 aromatic rings. The molecule has 0 bridgehead atoms. The smallest absolute Gasteiger partial charge is 0.326 e. The van der Waals surface area contributed by atoms with E-state index < -0.39 is 54.0 Å². The zero-order valence-corrected chi connectivity index (χ0v) is 20.1. The largest absolute Gasteiger partial charge is 0.480 e. The van der Waals surface area contributed by atoms with E-state index in [9.17, 15) is 29.4 Å². The lowest BCUT2D eigenvalue weighted by molar-refractivity contribution is -0.149. The Bertz CT molecular complexity index is 932. The number of aliphatic imine (C=N–C) groups is 1. The number of aliphatic carboxylic acids is 1. The third-order valence-corrected chi connectivity index (χ3v) is 5.82. The zero-order chi connectivity index (χ0) is 26.8. The maximum atomic E-state index is 13.3. The minimum absolute atomic E-state index is 0.000475. The highest BCUT2D eigenvalue weighted by Crippen LogP contribution is 2.20. The van der Waals surface area contributed by atoms with E-state index in [1.807, 2.05) is 0 Å². The van der Waals surface area contributed by atoms with E-state index in [1.165, 1.54) is 24.3 Å². The molecule has 15 heteroatoms. The summed E-state index contributed by atoms with van der Waals surface area (Å²) in [5.74, 6) is -3.25. The lowest BCUT2D eigenvalue weighted by Gasteiger charge is -2.29. The molecule has 1 aliphatic heterocycles. The molecule has 11 N–H and O–H groups in total. The van der Waals surface area contributed by atoms with Crippen molar-refractivity contribution in [2.45, 2.75) is 69.3 Å². The monoisotopic (exact) mass is 509 g/mol. The molecular formula is C21H35N9O6. The Balaban J connectivity index is 2.22. The first-order valence-electron chi connectivity index (χ1n) is 11.6. The second-order valence-corrected chi connectivity index (χ2v) is 8.65. The number of aliphatic hydroxyl groups excluding tert-OH is 1. The Morgan fingerprint density at radius 1 is 1.25 bits per heavy atom. The molecule has 2 heterocycles. The van der Waals surface area contributed by atoms with Crippen molar-refractivity contribution < 1.29 is 29.4 Å². The summed E-state index contributed by atoms with van der Waals surface area (Å²) in [6.45, 7) is 1.78. The van der Waals surface area contributed by atoms with Crippen LogP contribution in [0.15, 0.2) is 17.5 Å². The maximum Gasteiger partial charge on any atom is 0.326 e. The first-order valence-corrected chi connectivity index (χ1v) is 11.6. The molecule has 0 spiro atoms. The lowest BCUT2D eigenvalue weighted by Crippen LogP contribution is -2.58. The summed E-state index contributed by atoms with van der Waals surface area (Å²) in [4.78, 5) is 62.5. The number of aliphatic hydroxyl groups is 1. The van der Waals surface area contributed by atoms with E-state index >= 15 is 0 Å². The first kappa shape index (κ1) is 28.5. The van der Waals surface area contributed by atoms with Gasteiger partial charge in [0.05, 0.1) is 12.4 Å². The number of aromatic nitrogens is 2. The number of rotatable bonds is 13. The number of H-pyrrole nitrogens is 1. The molecule has 36 heavy (non-hydrogen) atoms. The summed E-state index contributed by atoms with van der Waals surface area (Å²) in [6.07, 6.45) is 3.00. The molecule has 3 amide bonds. The van der Waals surface area contributed by atoms with Crippen LogP contribution in [0.3, 0.4) is 0 Å². The third kappa shape index (κ3) is 8.20. The van der Waals surface area contributed by atoms with E-state index in [4.69, 9.17) is 17.2 Å². The molecular weight excluding hydrogens is 474 g/mol. The summed E-state index contributed by atoms with van der Waals surface area (Å²) in [5, 5.41) is 24.3. The fraction of sp³-hybridized carbons (Fsp3) is 0.619. The number of carbonyl (C=O) groups excluding carboxylic acids is 3. The topological polar surface area (TPSA) is 255 Å². The molecule has 5 unspecified atom stereocenters. The van der Waals surface area contributed by atoms with E-state index in [1.54, 1.807) is 0 Å². The molecule has 15 nitrogen and oxygen atoms in total. The second-order valence-electron chi connectivity index (χ2n) is 8.65. The molecule has 1 aliphatic rings. The van der Waals surface area contributed by atoms with Gasteiger partial charge in [-0.05, 0) is 32.6 Å². The lowest BCUT2D eigenvalue weighted by atomic mass is 10.1. The maximum absolute atomic E-state index is 13.3. The van der Waals surface area contributed by atoms with E-state index in [0.717, 1.165) is 0 Å². The normalized spacial score (nSPS) is 18.5. The van der Waals surface area contributed by atoms with Crippen molar-refractivity contribution in [2.75, 3.05) is 13.1 Å². The highest BCUT2D eigenvalue weighted by Gasteiger charge is 2.38. The number of likely N-dealkylation sites (tertiary alicyclic amines) is 1. The van der Waals surface area contributed by atoms with Crippen molar-refractivity contribution in [3.05, 3.63) is 18.2 Å². The molecule has 0 aromatic carbocycles. The van der Waals surface area contributed by atoms with Crippen LogP contribution in [0.2, 0.25) is 0 Å². The number of guanidine groups is 1. The minimum atomic E-state index is -1.28. The molecule has 0 radical (unpaired) electrons. The van der Waals surface area contributed by atoms with Gasteiger partial charge in [0, 0.05) is 31.4 Å². The third-order valence-electron chi connectivity index (χ3n) is 5.82. The molecule has 2 rings (SSSR count). The highest BCUT2D eigenvalue weighted by atomic mass is 16.4. The summed E-state index contributed by atoms with van der Waals surface area (Å²) in [5.41, 5.74) is 16.9. The predicted molar refractivity (Wildman–Crippen MR) is 128 cm³/mol. The number of hydrogen-bond donors (Lipinski definition) is 8. The Morgan fingerprint density at radius 3 is 2.53 bits per heavy atom. The first-order chi connectivity index (χ1) is 17.0. The Kier molecular flexibility index (Phi) is 10.6. The van der Waals surface area contributed by atoms with E-state index in [0.29, 0.717) is 25.0 Å². The van der Waals surface area contributed by atoms with Gasteiger partial charge in [-0.2, -0.15) is 0 Å². The van der Waals surface area contributed by atoms with E-state index in [-0.39, 0.29) is 31.9 Å². The standard InChI is InChI=1S/C21H35N9O6/c1-11(31)16(22)18(33)29-14(8-12-9-25-10-27-12)17(32)28-13(4-2-6-26-21(23)24)19(34)30-7-3-5-15(30)20(35)36/h9-11,13-16,31H,2-8,22H2,1H3,(H,25,27)(H,28,32)(H,29,33)(H,35,36)(H4,23,24,26). The van der Waals surface area contributed by atoms with Crippen LogP contribution in [0.4, 0.5) is 0 Å². The van der Waals surface area contributed by atoms with Crippen molar-refractivity contribution in [1.82, 2.24) is 25.5 Å². The molecule has 5 atom stereocenters. The van der Waals surface area contributed by atoms with Crippen LogP contribution < -0.4 is 27.8 Å². The van der Waals surface area contributed by atoms with Crippen LogP contribution >= 0.6 is 0 Å². The SMILES string of the molecule is CC(O)C(N)C(=O)NC(Cc1cnc[nH]1)C(=O)NC(CCCN=C(N)N)C(=O)N1CCCC1C(=O)O. The van der Waals surface area contributed by atoms with Crippen LogP contribution in [0.1, 0.15) is 38.3 Å². The van der Waals surface area contributed by atoms with Crippen LogP contribution in [0, 0.1) is 0 Å². The van der Waals surface area contributed by atoms with Gasteiger partial charge < -0.3 is 47.9 Å². The summed E-state index contributed by atoms with van der Waals surface area (Å²) >= 11 is 0. The number of carboxylic acid groups (broad SMARTS) is 1. The molecule has 200 valence electrons. The molecule has 0 aliphatic carbocycles. The number of aromatic amines is 1. The van der Waals surface area contributed by atoms with Gasteiger partial charge in [0.25, 0.3) is 0 Å². The van der Waals surface area contributed by atoms with Crippen LogP contribution in [-0.4, -0.2) is 98.1 Å². The Morgan fingerprint density at radius 2 is 1.94 bits per heavy atom. The van der Waals surface area contributed by atoms with Crippen molar-refractivity contribution in [3.8, 4) is 0 Å². The van der Waals surface area contributed by atoms with Crippen molar-refractivity contribution in [3.63, 3.8) is 0 Å². The number of imidazole rings is 1. The number of amides is 3. The van der Waals surface area contributed by atoms with Gasteiger partial charge in [0.1, 0.15) is 24.2 Å². The fourth-order valence-electron chi connectivity index (χ4n) is 3.83. The number of hydrogen-bond acceptors (Lipinski definition) is 8. The Labute approximate surface area is 207 Å². The summed E-state index contributed by atoms with van der Waals surface area (Å²) < 4.78 is 0. The van der Waals surface area contributed by atoms with Gasteiger partial charge in [0.2, 0.25) is 17.7 Å². The van der Waals surface area contributed by atoms with Gasteiger partial charge in [-0.1, -0.05) is 0 Å². The van der Waals surface area contributed by atoms with Gasteiger partial charge in [-0.15, -0.1) is 0 Å². The number of carbonyl (C=O) groups is 4. The van der Waals surface area contributed by atoms with Gasteiger partial charge in [-0.3, -0.25) is 19.4 Å². The van der Waals surface area contributed by atoms with Gasteiger partial charge >= 0.3 is 5.97 Å². The van der Waals surface area contributed by atoms with Gasteiger partial charge in [0.15, 0.2) is 5.96 Å². The molecule has 1 saturated heterocycles. The number of carboxylic acids is 1. The average molecular weight is 510 g/mol. The van der Waals surface area contributed by atoms with Crippen molar-refractivity contribution in [1.29, 1.82) is 0 Å². The second kappa shape index (κ2) is 13.4. The van der Waals surface area contributed by atoms with E-state index in [2.05, 4.69) is 25.6 Å². The minimum Gasteiger partial charge on any atom is -0.480 e. The van der Waals surface area contributed by atoms with Crippen molar-refractivity contribution >= 4 is 29.7 Å². The summed E-state index contributed by atoms with van der Waals surface area (Å²) in [7, 11) is 0. The number of nitrogens with two attached hydrogens (primary N) is 3. The molecule has 0 saturated carbocycles. The highest BCUT2D eigenvalue weighted by molar-refractivity contribution is 5.94. The fourth-order valence-corrected chi connectivity index (χ4v) is 3.83. The zero-order valence-electron chi connectivity index (χ0n) is 20.1. The van der Waals surface area contributed by atoms with Crippen LogP contribution in [-0.2, 0) is 25.6 Å². The number of nitrogens with zero attached hydrogens (tertiary/aromatic N) is 3. The van der Waals surface area contributed by atoms with Crippen LogP contribution in [0.5, 0.6) is 0 Å². The molecule has 1 aromatic heterocycles. The average Bonchev–Trinajstić information content (AvgIpc) is 3.51. The molecule has 1 fully saturated rings. The predicted octanol–water partition coefficient (Wildman–Crippen LogP) is -3.24. The van der Waals surface area contributed by atoms with Crippen LogP contribution in [0.25, 0.3) is 0 Å². The van der Waals surface area contributed by atoms with Crippen molar-refractivity contribution in [2.24, 2.45) is 22.2 Å². The van der Waals surface area contributed by atoms with Gasteiger partial charge in [-0.25, -0.2) is 9.78 Å². The summed E-state index contributed by atoms with van der Waals surface area (Å²) in [6, 6.07) is -4.51.